The topological polar surface area (TPSA) is 40.6 Å². The molecule has 1 saturated carbocycles. The van der Waals surface area contributed by atoms with Gasteiger partial charge in [-0.2, -0.15) is 0 Å². The third-order valence-electron chi connectivity index (χ3n) is 3.95. The monoisotopic (exact) mass is 252 g/mol. The van der Waals surface area contributed by atoms with Crippen LogP contribution < -0.4 is 0 Å². The largest absolute Gasteiger partial charge is 0.339 e. The number of amides is 2. The molecule has 2 fully saturated rings. The van der Waals surface area contributed by atoms with Crippen molar-refractivity contribution < 1.29 is 9.59 Å². The van der Waals surface area contributed by atoms with Crippen LogP contribution in [0.2, 0.25) is 0 Å². The Kier molecular flexibility index (Phi) is 3.39. The molecule has 2 aliphatic rings. The van der Waals surface area contributed by atoms with Crippen LogP contribution >= 0.6 is 0 Å². The molecule has 2 unspecified atom stereocenters. The molecular formula is C14H24N2O2. The van der Waals surface area contributed by atoms with Crippen molar-refractivity contribution in [1.29, 1.82) is 0 Å². The van der Waals surface area contributed by atoms with E-state index in [1.54, 1.807) is 0 Å². The zero-order chi connectivity index (χ0) is 13.5. The first-order chi connectivity index (χ1) is 8.30. The first-order valence-electron chi connectivity index (χ1n) is 6.89. The Labute approximate surface area is 109 Å². The van der Waals surface area contributed by atoms with E-state index in [1.165, 1.54) is 0 Å². The van der Waals surface area contributed by atoms with E-state index in [9.17, 15) is 9.59 Å². The van der Waals surface area contributed by atoms with Crippen molar-refractivity contribution in [3.8, 4) is 0 Å². The first-order valence-corrected chi connectivity index (χ1v) is 6.89. The highest BCUT2D eigenvalue weighted by atomic mass is 16.2. The van der Waals surface area contributed by atoms with Crippen molar-refractivity contribution in [2.75, 3.05) is 26.2 Å². The van der Waals surface area contributed by atoms with E-state index in [1.807, 2.05) is 30.6 Å². The fourth-order valence-electron chi connectivity index (χ4n) is 2.50. The second-order valence-electron chi connectivity index (χ2n) is 6.69. The number of carbonyl (C=O) groups excluding carboxylic acids is 2. The van der Waals surface area contributed by atoms with Crippen LogP contribution in [-0.2, 0) is 9.59 Å². The minimum Gasteiger partial charge on any atom is -0.339 e. The Bertz CT molecular complexity index is 351. The zero-order valence-corrected chi connectivity index (χ0v) is 11.9. The normalized spacial score (nSPS) is 28.2. The Hall–Kier alpha value is -1.06. The van der Waals surface area contributed by atoms with E-state index in [0.717, 1.165) is 6.42 Å². The molecule has 0 aromatic heterocycles. The van der Waals surface area contributed by atoms with Crippen molar-refractivity contribution in [3.05, 3.63) is 0 Å². The lowest BCUT2D eigenvalue weighted by Crippen LogP contribution is -2.53. The average molecular weight is 252 g/mol. The lowest BCUT2D eigenvalue weighted by Gasteiger charge is -2.37. The molecule has 2 amide bonds. The minimum absolute atomic E-state index is 0.189. The second-order valence-corrected chi connectivity index (χ2v) is 6.69. The lowest BCUT2D eigenvalue weighted by molar-refractivity contribution is -0.145. The number of nitrogens with zero attached hydrogens (tertiary/aromatic N) is 2. The predicted octanol–water partition coefficient (Wildman–Crippen LogP) is 1.36. The SMILES string of the molecule is CC1CC1C(=O)N1CCN(C(=O)C(C)(C)C)CC1. The molecule has 2 atom stereocenters. The van der Waals surface area contributed by atoms with Gasteiger partial charge in [0.2, 0.25) is 11.8 Å². The molecule has 4 heteroatoms. The summed E-state index contributed by atoms with van der Waals surface area (Å²) in [6, 6.07) is 0. The van der Waals surface area contributed by atoms with Gasteiger partial charge in [0.05, 0.1) is 0 Å². The maximum Gasteiger partial charge on any atom is 0.228 e. The van der Waals surface area contributed by atoms with Crippen molar-refractivity contribution in [2.45, 2.75) is 34.1 Å². The Morgan fingerprint density at radius 3 is 1.83 bits per heavy atom. The molecule has 2 rings (SSSR count). The van der Waals surface area contributed by atoms with Gasteiger partial charge in [0.15, 0.2) is 0 Å². The van der Waals surface area contributed by atoms with Crippen LogP contribution in [0.3, 0.4) is 0 Å². The molecule has 1 aliphatic heterocycles. The smallest absolute Gasteiger partial charge is 0.228 e. The van der Waals surface area contributed by atoms with Gasteiger partial charge in [-0.15, -0.1) is 0 Å². The summed E-state index contributed by atoms with van der Waals surface area (Å²) in [5.41, 5.74) is -0.322. The summed E-state index contributed by atoms with van der Waals surface area (Å²) < 4.78 is 0. The molecule has 18 heavy (non-hydrogen) atoms. The third-order valence-corrected chi connectivity index (χ3v) is 3.95. The highest BCUT2D eigenvalue weighted by molar-refractivity contribution is 5.83. The molecule has 0 aromatic rings. The molecule has 102 valence electrons. The number of hydrogen-bond donors (Lipinski definition) is 0. The molecular weight excluding hydrogens is 228 g/mol. The molecule has 0 radical (unpaired) electrons. The van der Waals surface area contributed by atoms with Crippen molar-refractivity contribution in [1.82, 2.24) is 9.80 Å². The first kappa shape index (κ1) is 13.4. The number of carbonyl (C=O) groups is 2. The molecule has 1 heterocycles. The van der Waals surface area contributed by atoms with Crippen LogP contribution in [0.5, 0.6) is 0 Å². The second kappa shape index (κ2) is 4.56. The highest BCUT2D eigenvalue weighted by Gasteiger charge is 2.42. The number of piperazine rings is 1. The quantitative estimate of drug-likeness (QED) is 0.707. The van der Waals surface area contributed by atoms with Crippen molar-refractivity contribution in [2.24, 2.45) is 17.3 Å². The Balaban J connectivity index is 1.85. The summed E-state index contributed by atoms with van der Waals surface area (Å²) >= 11 is 0. The van der Waals surface area contributed by atoms with Gasteiger partial charge >= 0.3 is 0 Å². The minimum atomic E-state index is -0.322. The predicted molar refractivity (Wildman–Crippen MR) is 69.9 cm³/mol. The molecule has 0 spiro atoms. The Morgan fingerprint density at radius 2 is 1.44 bits per heavy atom. The van der Waals surface area contributed by atoms with E-state index in [-0.39, 0.29) is 17.2 Å². The van der Waals surface area contributed by atoms with Gasteiger partial charge in [-0.05, 0) is 12.3 Å². The van der Waals surface area contributed by atoms with Gasteiger partial charge in [0.25, 0.3) is 0 Å². The van der Waals surface area contributed by atoms with E-state index >= 15 is 0 Å². The van der Waals surface area contributed by atoms with Gasteiger partial charge in [-0.3, -0.25) is 9.59 Å². The third kappa shape index (κ3) is 2.68. The summed E-state index contributed by atoms with van der Waals surface area (Å²) in [7, 11) is 0. The highest BCUT2D eigenvalue weighted by Crippen LogP contribution is 2.39. The van der Waals surface area contributed by atoms with Crippen LogP contribution in [0, 0.1) is 17.3 Å². The summed E-state index contributed by atoms with van der Waals surface area (Å²) in [5, 5.41) is 0. The summed E-state index contributed by atoms with van der Waals surface area (Å²) in [6.07, 6.45) is 1.04. The van der Waals surface area contributed by atoms with E-state index in [4.69, 9.17) is 0 Å². The van der Waals surface area contributed by atoms with Crippen LogP contribution in [0.1, 0.15) is 34.1 Å². The fraction of sp³-hybridized carbons (Fsp3) is 0.857. The molecule has 0 N–H and O–H groups in total. The van der Waals surface area contributed by atoms with Crippen LogP contribution in [0.25, 0.3) is 0 Å². The van der Waals surface area contributed by atoms with Crippen molar-refractivity contribution >= 4 is 11.8 Å². The lowest BCUT2D eigenvalue weighted by atomic mass is 9.94. The summed E-state index contributed by atoms with van der Waals surface area (Å²) in [4.78, 5) is 28.0. The zero-order valence-electron chi connectivity index (χ0n) is 11.9. The molecule has 0 aromatic carbocycles. The summed E-state index contributed by atoms with van der Waals surface area (Å²) in [5.74, 6) is 1.31. The van der Waals surface area contributed by atoms with E-state index in [0.29, 0.717) is 38.0 Å². The summed E-state index contributed by atoms with van der Waals surface area (Å²) in [6.45, 7) is 10.7. The molecule has 4 nitrogen and oxygen atoms in total. The standard InChI is InChI=1S/C14H24N2O2/c1-10-9-11(10)12(17)15-5-7-16(8-6-15)13(18)14(2,3)4/h10-11H,5-9H2,1-4H3. The van der Waals surface area contributed by atoms with Gasteiger partial charge in [0.1, 0.15) is 0 Å². The van der Waals surface area contributed by atoms with Gasteiger partial charge in [-0.1, -0.05) is 27.7 Å². The van der Waals surface area contributed by atoms with Gasteiger partial charge in [-0.25, -0.2) is 0 Å². The van der Waals surface area contributed by atoms with Gasteiger partial charge < -0.3 is 9.80 Å². The molecule has 0 bridgehead atoms. The van der Waals surface area contributed by atoms with Gasteiger partial charge in [0, 0.05) is 37.5 Å². The molecule has 1 aliphatic carbocycles. The fourth-order valence-corrected chi connectivity index (χ4v) is 2.50. The number of hydrogen-bond acceptors (Lipinski definition) is 2. The van der Waals surface area contributed by atoms with E-state index in [2.05, 4.69) is 6.92 Å². The average Bonchev–Trinajstić information content (AvgIpc) is 3.03. The maximum absolute atomic E-state index is 12.1. The van der Waals surface area contributed by atoms with Crippen molar-refractivity contribution in [3.63, 3.8) is 0 Å². The van der Waals surface area contributed by atoms with Crippen LogP contribution in [0.4, 0.5) is 0 Å². The Morgan fingerprint density at radius 1 is 1.00 bits per heavy atom. The van der Waals surface area contributed by atoms with Crippen LogP contribution in [-0.4, -0.2) is 47.8 Å². The van der Waals surface area contributed by atoms with Crippen LogP contribution in [0.15, 0.2) is 0 Å². The molecule has 1 saturated heterocycles. The maximum atomic E-state index is 12.1. The number of rotatable bonds is 1. The van der Waals surface area contributed by atoms with E-state index < -0.39 is 0 Å².